The first-order valence-corrected chi connectivity index (χ1v) is 9.22. The Kier molecular flexibility index (Phi) is 5.91. The Morgan fingerprint density at radius 1 is 1.22 bits per heavy atom. The molecule has 27 heavy (non-hydrogen) atoms. The maximum Gasteiger partial charge on any atom is 0.330 e. The minimum Gasteiger partial charge on any atom is -0.497 e. The summed E-state index contributed by atoms with van der Waals surface area (Å²) >= 11 is 0. The van der Waals surface area contributed by atoms with Crippen LogP contribution in [0.2, 0.25) is 0 Å². The van der Waals surface area contributed by atoms with E-state index in [0.717, 1.165) is 10.4 Å². The number of nitrogens with one attached hydrogen (secondary N) is 1. The van der Waals surface area contributed by atoms with Crippen LogP contribution in [0.3, 0.4) is 0 Å². The third-order valence-corrected chi connectivity index (χ3v) is 5.52. The number of rotatable bonds is 7. The number of nitrogens with zero attached hydrogens (tertiary/aromatic N) is 1. The second-order valence-corrected chi connectivity index (χ2v) is 7.92. The molecular formula is C17H20N2O7S. The molecule has 10 heteroatoms. The van der Waals surface area contributed by atoms with Crippen molar-refractivity contribution in [3.8, 4) is 5.75 Å². The molecule has 1 atom stereocenters. The van der Waals surface area contributed by atoms with Crippen LogP contribution in [0.5, 0.6) is 5.75 Å². The van der Waals surface area contributed by atoms with Crippen molar-refractivity contribution in [1.29, 1.82) is 0 Å². The lowest BCUT2D eigenvalue weighted by molar-refractivity contribution is -0.139. The number of amides is 1. The van der Waals surface area contributed by atoms with Gasteiger partial charge in [0.15, 0.2) is 6.04 Å². The van der Waals surface area contributed by atoms with Gasteiger partial charge in [0, 0.05) is 20.2 Å². The number of hydrogen-bond donors (Lipinski definition) is 2. The van der Waals surface area contributed by atoms with E-state index in [4.69, 9.17) is 9.15 Å². The summed E-state index contributed by atoms with van der Waals surface area (Å²) in [6, 6.07) is 5.92. The lowest BCUT2D eigenvalue weighted by atomic mass is 10.1. The number of carbonyl (C=O) groups excluding carboxylic acids is 1. The predicted octanol–water partition coefficient (Wildman–Crippen LogP) is 1.40. The van der Waals surface area contributed by atoms with Crippen LogP contribution in [0.15, 0.2) is 39.8 Å². The van der Waals surface area contributed by atoms with Gasteiger partial charge in [0.05, 0.1) is 12.7 Å². The third-order valence-electron chi connectivity index (χ3n) is 3.85. The molecule has 2 rings (SSSR count). The Hall–Kier alpha value is -2.85. The van der Waals surface area contributed by atoms with E-state index in [0.29, 0.717) is 11.3 Å². The highest BCUT2D eigenvalue weighted by atomic mass is 32.2. The van der Waals surface area contributed by atoms with Crippen molar-refractivity contribution in [3.63, 3.8) is 0 Å². The molecule has 9 nitrogen and oxygen atoms in total. The second kappa shape index (κ2) is 7.80. The fraction of sp³-hybridized carbons (Fsp3) is 0.294. The number of benzene rings is 1. The number of carboxylic acid groups (broad SMARTS) is 1. The van der Waals surface area contributed by atoms with Gasteiger partial charge in [0.1, 0.15) is 11.5 Å². The van der Waals surface area contributed by atoms with Gasteiger partial charge in [-0.2, -0.15) is 0 Å². The molecule has 0 radical (unpaired) electrons. The molecule has 0 saturated carbocycles. The minimum atomic E-state index is -3.86. The fourth-order valence-electron chi connectivity index (χ4n) is 2.28. The number of methoxy groups -OCH3 is 1. The first-order valence-electron chi connectivity index (χ1n) is 7.78. The van der Waals surface area contributed by atoms with Crippen LogP contribution in [0, 0.1) is 6.92 Å². The smallest absolute Gasteiger partial charge is 0.330 e. The number of aliphatic carboxylic acids is 1. The zero-order valence-corrected chi connectivity index (χ0v) is 16.0. The number of ether oxygens (including phenoxy) is 1. The Labute approximate surface area is 156 Å². The molecule has 1 heterocycles. The molecule has 0 fully saturated rings. The van der Waals surface area contributed by atoms with Crippen molar-refractivity contribution in [2.24, 2.45) is 0 Å². The van der Waals surface area contributed by atoms with Crippen LogP contribution >= 0.6 is 0 Å². The predicted molar refractivity (Wildman–Crippen MR) is 95.2 cm³/mol. The largest absolute Gasteiger partial charge is 0.497 e. The van der Waals surface area contributed by atoms with Gasteiger partial charge in [0.2, 0.25) is 5.09 Å². The summed E-state index contributed by atoms with van der Waals surface area (Å²) in [7, 11) is 0.279. The van der Waals surface area contributed by atoms with E-state index >= 15 is 0 Å². The average Bonchev–Trinajstić information content (AvgIpc) is 3.02. The summed E-state index contributed by atoms with van der Waals surface area (Å²) < 4.78 is 35.4. The van der Waals surface area contributed by atoms with E-state index < -0.39 is 33.0 Å². The highest BCUT2D eigenvalue weighted by Gasteiger charge is 2.28. The highest BCUT2D eigenvalue weighted by molar-refractivity contribution is 7.88. The van der Waals surface area contributed by atoms with Gasteiger partial charge in [-0.25, -0.2) is 17.5 Å². The van der Waals surface area contributed by atoms with E-state index in [1.165, 1.54) is 40.3 Å². The van der Waals surface area contributed by atoms with Crippen molar-refractivity contribution in [1.82, 2.24) is 9.62 Å². The van der Waals surface area contributed by atoms with Crippen LogP contribution in [0.1, 0.15) is 27.7 Å². The van der Waals surface area contributed by atoms with E-state index in [2.05, 4.69) is 5.32 Å². The normalized spacial score (nSPS) is 12.6. The second-order valence-electron chi connectivity index (χ2n) is 5.84. The van der Waals surface area contributed by atoms with Crippen LogP contribution in [0.4, 0.5) is 0 Å². The summed E-state index contributed by atoms with van der Waals surface area (Å²) in [5.74, 6) is -1.43. The molecule has 1 aromatic carbocycles. The quantitative estimate of drug-likeness (QED) is 0.724. The summed E-state index contributed by atoms with van der Waals surface area (Å²) in [5, 5.41) is 11.4. The van der Waals surface area contributed by atoms with Gasteiger partial charge < -0.3 is 19.6 Å². The summed E-state index contributed by atoms with van der Waals surface area (Å²) in [5.41, 5.74) is 0.272. The standard InChI is InChI=1S/C17H20N2O7S/c1-10-13(9-14(26-10)27(23,24)19(2)3)16(20)18-15(17(21)22)11-5-7-12(25-4)8-6-11/h5-9,15H,1-4H3,(H,18,20)(H,21,22). The van der Waals surface area contributed by atoms with E-state index in [1.54, 1.807) is 12.1 Å². The summed E-state index contributed by atoms with van der Waals surface area (Å²) in [6.07, 6.45) is 0. The Balaban J connectivity index is 2.31. The molecule has 0 bridgehead atoms. The van der Waals surface area contributed by atoms with Crippen molar-refractivity contribution < 1.29 is 32.3 Å². The monoisotopic (exact) mass is 396 g/mol. The molecule has 0 aliphatic carbocycles. The van der Waals surface area contributed by atoms with Gasteiger partial charge in [-0.15, -0.1) is 0 Å². The van der Waals surface area contributed by atoms with Crippen molar-refractivity contribution >= 4 is 21.9 Å². The number of carboxylic acids is 1. The van der Waals surface area contributed by atoms with Gasteiger partial charge in [0.25, 0.3) is 15.9 Å². The SMILES string of the molecule is COc1ccc(C(NC(=O)c2cc(S(=O)(=O)N(C)C)oc2C)C(=O)O)cc1. The molecule has 0 aliphatic rings. The Morgan fingerprint density at radius 3 is 2.30 bits per heavy atom. The maximum absolute atomic E-state index is 12.5. The molecule has 1 aromatic heterocycles. The Bertz CT molecular complexity index is 946. The van der Waals surface area contributed by atoms with Crippen LogP contribution in [0.25, 0.3) is 0 Å². The summed E-state index contributed by atoms with van der Waals surface area (Å²) in [6.45, 7) is 1.42. The van der Waals surface area contributed by atoms with Crippen molar-refractivity contribution in [2.75, 3.05) is 21.2 Å². The molecule has 2 N–H and O–H groups in total. The topological polar surface area (TPSA) is 126 Å². The summed E-state index contributed by atoms with van der Waals surface area (Å²) in [4.78, 5) is 24.1. The highest BCUT2D eigenvalue weighted by Crippen LogP contribution is 2.23. The lowest BCUT2D eigenvalue weighted by Gasteiger charge is -2.15. The molecule has 2 aromatic rings. The van der Waals surface area contributed by atoms with Crippen molar-refractivity contribution in [2.45, 2.75) is 18.1 Å². The first kappa shape index (κ1) is 20.5. The lowest BCUT2D eigenvalue weighted by Crippen LogP contribution is -2.33. The molecule has 146 valence electrons. The zero-order chi connectivity index (χ0) is 20.4. The van der Waals surface area contributed by atoms with E-state index in [-0.39, 0.29) is 11.3 Å². The Morgan fingerprint density at radius 2 is 1.81 bits per heavy atom. The minimum absolute atomic E-state index is 0.0600. The average molecular weight is 396 g/mol. The van der Waals surface area contributed by atoms with E-state index in [1.807, 2.05) is 0 Å². The molecule has 0 aliphatic heterocycles. The molecule has 0 spiro atoms. The first-order chi connectivity index (χ1) is 12.6. The number of carbonyl (C=O) groups is 2. The van der Waals surface area contributed by atoms with Crippen molar-refractivity contribution in [3.05, 3.63) is 47.2 Å². The van der Waals surface area contributed by atoms with Crippen LogP contribution in [-0.4, -0.2) is 50.9 Å². The van der Waals surface area contributed by atoms with Gasteiger partial charge in [-0.3, -0.25) is 4.79 Å². The number of sulfonamides is 1. The third kappa shape index (κ3) is 4.29. The van der Waals surface area contributed by atoms with Gasteiger partial charge in [-0.05, 0) is 24.6 Å². The molecule has 1 amide bonds. The van der Waals surface area contributed by atoms with Crippen LogP contribution < -0.4 is 10.1 Å². The number of aryl methyl sites for hydroxylation is 1. The maximum atomic E-state index is 12.5. The van der Waals surface area contributed by atoms with Gasteiger partial charge >= 0.3 is 5.97 Å². The van der Waals surface area contributed by atoms with E-state index in [9.17, 15) is 23.1 Å². The number of furan rings is 1. The fourth-order valence-corrected chi connectivity index (χ4v) is 3.14. The molecule has 1 unspecified atom stereocenters. The van der Waals surface area contributed by atoms with Gasteiger partial charge in [-0.1, -0.05) is 12.1 Å². The zero-order valence-electron chi connectivity index (χ0n) is 15.2. The molecule has 0 saturated heterocycles. The number of hydrogen-bond acceptors (Lipinski definition) is 6. The van der Waals surface area contributed by atoms with Crippen LogP contribution in [-0.2, 0) is 14.8 Å². The molecular weight excluding hydrogens is 376 g/mol.